The Morgan fingerprint density at radius 1 is 1.33 bits per heavy atom. The maximum Gasteiger partial charge on any atom is 0.123 e. The number of amidine groups is 1. The van der Waals surface area contributed by atoms with Gasteiger partial charge in [-0.15, -0.1) is 0 Å². The summed E-state index contributed by atoms with van der Waals surface area (Å²) in [7, 11) is 0. The summed E-state index contributed by atoms with van der Waals surface area (Å²) < 4.78 is 0. The Balaban J connectivity index is 2.34. The van der Waals surface area contributed by atoms with Gasteiger partial charge in [0.1, 0.15) is 10.9 Å². The van der Waals surface area contributed by atoms with Gasteiger partial charge in [0, 0.05) is 16.7 Å². The zero-order chi connectivity index (χ0) is 13.1. The van der Waals surface area contributed by atoms with Crippen molar-refractivity contribution < 1.29 is 0 Å². The molecule has 0 amide bonds. The first kappa shape index (κ1) is 12.9. The van der Waals surface area contributed by atoms with Gasteiger partial charge in [-0.25, -0.2) is 4.98 Å². The van der Waals surface area contributed by atoms with Crippen LogP contribution in [0.3, 0.4) is 0 Å². The zero-order valence-corrected chi connectivity index (χ0v) is 11.3. The van der Waals surface area contributed by atoms with Crippen molar-refractivity contribution in [3.05, 3.63) is 52.7 Å². The average Bonchev–Trinajstić information content (AvgIpc) is 2.34. The van der Waals surface area contributed by atoms with E-state index in [1.165, 1.54) is 11.8 Å². The average molecular weight is 278 g/mol. The highest BCUT2D eigenvalue weighted by Crippen LogP contribution is 2.30. The van der Waals surface area contributed by atoms with Gasteiger partial charge in [-0.3, -0.25) is 5.41 Å². The number of benzene rings is 1. The number of aryl methyl sites for hydroxylation is 1. The largest absolute Gasteiger partial charge is 0.384 e. The second-order valence-electron chi connectivity index (χ2n) is 3.83. The van der Waals surface area contributed by atoms with Gasteiger partial charge in [0.2, 0.25) is 0 Å². The molecule has 3 N–H and O–H groups in total. The van der Waals surface area contributed by atoms with Crippen molar-refractivity contribution in [1.82, 2.24) is 4.98 Å². The maximum atomic E-state index is 7.60. The lowest BCUT2D eigenvalue weighted by Crippen LogP contribution is -2.12. The number of nitrogen functional groups attached to an aromatic ring is 1. The highest BCUT2D eigenvalue weighted by atomic mass is 35.5. The molecule has 2 rings (SSSR count). The van der Waals surface area contributed by atoms with Crippen LogP contribution < -0.4 is 5.73 Å². The molecule has 3 nitrogen and oxygen atoms in total. The number of nitrogens with one attached hydrogen (secondary N) is 1. The van der Waals surface area contributed by atoms with Crippen LogP contribution in [-0.4, -0.2) is 10.8 Å². The lowest BCUT2D eigenvalue weighted by atomic mass is 10.1. The third kappa shape index (κ3) is 3.03. The monoisotopic (exact) mass is 277 g/mol. The third-order valence-corrected chi connectivity index (χ3v) is 3.59. The van der Waals surface area contributed by atoms with Crippen molar-refractivity contribution in [2.75, 3.05) is 0 Å². The summed E-state index contributed by atoms with van der Waals surface area (Å²) in [4.78, 5) is 5.14. The van der Waals surface area contributed by atoms with E-state index in [-0.39, 0.29) is 5.84 Å². The Morgan fingerprint density at radius 2 is 2.11 bits per heavy atom. The molecular weight excluding hydrogens is 266 g/mol. The van der Waals surface area contributed by atoms with Crippen molar-refractivity contribution in [1.29, 1.82) is 5.41 Å². The van der Waals surface area contributed by atoms with E-state index in [4.69, 9.17) is 22.7 Å². The third-order valence-electron chi connectivity index (χ3n) is 2.34. The van der Waals surface area contributed by atoms with E-state index >= 15 is 0 Å². The molecule has 5 heteroatoms. The van der Waals surface area contributed by atoms with Crippen molar-refractivity contribution in [3.63, 3.8) is 0 Å². The second-order valence-corrected chi connectivity index (χ2v) is 5.33. The molecule has 0 fully saturated rings. The molecular formula is C13H12ClN3S. The van der Waals surface area contributed by atoms with Gasteiger partial charge >= 0.3 is 0 Å². The molecule has 2 aromatic rings. The summed E-state index contributed by atoms with van der Waals surface area (Å²) in [5.74, 6) is 0.0650. The standard InChI is InChI=1S/C13H12ClN3S/c1-8-2-4-11(10(6-8)13(15)16)18-12-5-3-9(14)7-17-12/h2-7H,1H3,(H3,15,16). The van der Waals surface area contributed by atoms with Crippen LogP contribution in [0.4, 0.5) is 0 Å². The molecule has 18 heavy (non-hydrogen) atoms. The van der Waals surface area contributed by atoms with Crippen LogP contribution in [-0.2, 0) is 0 Å². The van der Waals surface area contributed by atoms with Crippen LogP contribution in [0.25, 0.3) is 0 Å². The van der Waals surface area contributed by atoms with Gasteiger partial charge in [-0.1, -0.05) is 35.0 Å². The van der Waals surface area contributed by atoms with Crippen molar-refractivity contribution >= 4 is 29.2 Å². The minimum absolute atomic E-state index is 0.0650. The molecule has 92 valence electrons. The van der Waals surface area contributed by atoms with Crippen LogP contribution in [0.5, 0.6) is 0 Å². The summed E-state index contributed by atoms with van der Waals surface area (Å²) >= 11 is 7.26. The number of nitrogens with zero attached hydrogens (tertiary/aromatic N) is 1. The Morgan fingerprint density at radius 3 is 2.72 bits per heavy atom. The molecule has 0 radical (unpaired) electrons. The van der Waals surface area contributed by atoms with Gasteiger partial charge in [0.25, 0.3) is 0 Å². The summed E-state index contributed by atoms with van der Waals surface area (Å²) in [5, 5.41) is 9.03. The van der Waals surface area contributed by atoms with E-state index in [1.54, 1.807) is 12.3 Å². The van der Waals surface area contributed by atoms with Gasteiger partial charge in [0.15, 0.2) is 0 Å². The Hall–Kier alpha value is -1.52. The Bertz CT molecular complexity index is 581. The van der Waals surface area contributed by atoms with Crippen LogP contribution in [0.2, 0.25) is 5.02 Å². The van der Waals surface area contributed by atoms with E-state index in [9.17, 15) is 0 Å². The first-order chi connectivity index (χ1) is 8.56. The molecule has 0 aliphatic rings. The summed E-state index contributed by atoms with van der Waals surface area (Å²) in [5.41, 5.74) is 7.40. The van der Waals surface area contributed by atoms with E-state index in [2.05, 4.69) is 4.98 Å². The van der Waals surface area contributed by atoms with Crippen LogP contribution in [0, 0.1) is 12.3 Å². The molecule has 1 aromatic heterocycles. The van der Waals surface area contributed by atoms with Crippen molar-refractivity contribution in [2.24, 2.45) is 5.73 Å². The SMILES string of the molecule is Cc1ccc(Sc2ccc(Cl)cn2)c(C(=N)N)c1. The summed E-state index contributed by atoms with van der Waals surface area (Å²) in [6.07, 6.45) is 1.60. The zero-order valence-electron chi connectivity index (χ0n) is 9.77. The Kier molecular flexibility index (Phi) is 3.89. The molecule has 0 spiro atoms. The summed E-state index contributed by atoms with van der Waals surface area (Å²) in [6.45, 7) is 1.97. The fraction of sp³-hybridized carbons (Fsp3) is 0.0769. The molecule has 1 heterocycles. The minimum Gasteiger partial charge on any atom is -0.384 e. The van der Waals surface area contributed by atoms with E-state index < -0.39 is 0 Å². The molecule has 0 saturated heterocycles. The van der Waals surface area contributed by atoms with Crippen molar-refractivity contribution in [2.45, 2.75) is 16.8 Å². The van der Waals surface area contributed by atoms with Crippen LogP contribution in [0.1, 0.15) is 11.1 Å². The smallest absolute Gasteiger partial charge is 0.123 e. The first-order valence-electron chi connectivity index (χ1n) is 5.31. The predicted molar refractivity (Wildman–Crippen MR) is 75.6 cm³/mol. The second kappa shape index (κ2) is 5.42. The molecule has 0 unspecified atom stereocenters. The number of rotatable bonds is 3. The van der Waals surface area contributed by atoms with Crippen LogP contribution in [0.15, 0.2) is 46.5 Å². The van der Waals surface area contributed by atoms with E-state index in [1.807, 2.05) is 31.2 Å². The normalized spacial score (nSPS) is 10.3. The fourth-order valence-electron chi connectivity index (χ4n) is 1.48. The van der Waals surface area contributed by atoms with E-state index in [0.29, 0.717) is 5.02 Å². The topological polar surface area (TPSA) is 62.8 Å². The van der Waals surface area contributed by atoms with Gasteiger partial charge in [-0.05, 0) is 31.2 Å². The highest BCUT2D eigenvalue weighted by molar-refractivity contribution is 7.99. The van der Waals surface area contributed by atoms with Crippen LogP contribution >= 0.6 is 23.4 Å². The number of aromatic nitrogens is 1. The number of halogens is 1. The molecule has 0 aliphatic carbocycles. The minimum atomic E-state index is 0.0650. The molecule has 0 aliphatic heterocycles. The molecule has 0 bridgehead atoms. The maximum absolute atomic E-state index is 7.60. The lowest BCUT2D eigenvalue weighted by Gasteiger charge is -2.08. The number of hydrogen-bond donors (Lipinski definition) is 2. The highest BCUT2D eigenvalue weighted by Gasteiger charge is 2.08. The molecule has 1 aromatic carbocycles. The van der Waals surface area contributed by atoms with Gasteiger partial charge < -0.3 is 5.73 Å². The van der Waals surface area contributed by atoms with Gasteiger partial charge in [0.05, 0.1) is 5.02 Å². The molecule has 0 atom stereocenters. The van der Waals surface area contributed by atoms with Crippen molar-refractivity contribution in [3.8, 4) is 0 Å². The first-order valence-corrected chi connectivity index (χ1v) is 6.50. The Labute approximate surface area is 115 Å². The summed E-state index contributed by atoms with van der Waals surface area (Å²) in [6, 6.07) is 9.48. The predicted octanol–water partition coefficient (Wildman–Crippen LogP) is 3.48. The number of pyridine rings is 1. The van der Waals surface area contributed by atoms with E-state index in [0.717, 1.165) is 21.0 Å². The molecule has 0 saturated carbocycles. The quantitative estimate of drug-likeness (QED) is 0.667. The lowest BCUT2D eigenvalue weighted by molar-refractivity contribution is 1.13. The fourth-order valence-corrected chi connectivity index (χ4v) is 2.47. The number of hydrogen-bond acceptors (Lipinski definition) is 3. The number of nitrogens with two attached hydrogens (primary N) is 1. The van der Waals surface area contributed by atoms with Gasteiger partial charge in [-0.2, -0.15) is 0 Å².